The van der Waals surface area contributed by atoms with E-state index in [-0.39, 0.29) is 22.6 Å². The third-order valence-electron chi connectivity index (χ3n) is 5.06. The van der Waals surface area contributed by atoms with Gasteiger partial charge in [-0.3, -0.25) is 9.59 Å². The molecule has 2 fully saturated rings. The topological polar surface area (TPSA) is 95.6 Å². The molecule has 0 spiro atoms. The van der Waals surface area contributed by atoms with E-state index in [0.717, 1.165) is 12.8 Å². The van der Waals surface area contributed by atoms with Crippen LogP contribution in [0.15, 0.2) is 35.2 Å². The largest absolute Gasteiger partial charge is 0.354 e. The summed E-state index contributed by atoms with van der Waals surface area (Å²) in [5.41, 5.74) is 0. The SMILES string of the molecule is O=C(NC1CCCCNC1=O)C1CCN(S(=O)(=O)c2ccccc2)CC1. The number of sulfonamides is 1. The average Bonchev–Trinajstić information content (AvgIpc) is 2.87. The molecule has 8 heteroatoms. The van der Waals surface area contributed by atoms with Gasteiger partial charge in [0.2, 0.25) is 21.8 Å². The van der Waals surface area contributed by atoms with E-state index >= 15 is 0 Å². The van der Waals surface area contributed by atoms with E-state index in [4.69, 9.17) is 0 Å². The van der Waals surface area contributed by atoms with Gasteiger partial charge in [-0.2, -0.15) is 4.31 Å². The highest BCUT2D eigenvalue weighted by atomic mass is 32.2. The van der Waals surface area contributed by atoms with Crippen molar-refractivity contribution in [3.05, 3.63) is 30.3 Å². The fourth-order valence-corrected chi connectivity index (χ4v) is 4.96. The molecule has 0 bridgehead atoms. The molecule has 1 atom stereocenters. The van der Waals surface area contributed by atoms with Gasteiger partial charge in [0.15, 0.2) is 0 Å². The molecule has 0 aromatic heterocycles. The number of piperidine rings is 1. The van der Waals surface area contributed by atoms with Crippen molar-refractivity contribution in [1.82, 2.24) is 14.9 Å². The summed E-state index contributed by atoms with van der Waals surface area (Å²) in [6.45, 7) is 1.28. The summed E-state index contributed by atoms with van der Waals surface area (Å²) in [7, 11) is -3.51. The number of hydrogen-bond donors (Lipinski definition) is 2. The normalized spacial score (nSPS) is 23.1. The van der Waals surface area contributed by atoms with Gasteiger partial charge >= 0.3 is 0 Å². The third-order valence-corrected chi connectivity index (χ3v) is 6.97. The molecular weight excluding hydrogens is 354 g/mol. The van der Waals surface area contributed by atoms with E-state index < -0.39 is 16.1 Å². The van der Waals surface area contributed by atoms with Crippen LogP contribution in [0.3, 0.4) is 0 Å². The zero-order valence-corrected chi connectivity index (χ0v) is 15.5. The zero-order valence-electron chi connectivity index (χ0n) is 14.7. The Labute approximate surface area is 154 Å². The Bertz CT molecular complexity index is 743. The van der Waals surface area contributed by atoms with Crippen molar-refractivity contribution in [2.24, 2.45) is 5.92 Å². The summed E-state index contributed by atoms with van der Waals surface area (Å²) in [6.07, 6.45) is 3.41. The number of nitrogens with one attached hydrogen (secondary N) is 2. The first-order valence-corrected chi connectivity index (χ1v) is 10.6. The summed E-state index contributed by atoms with van der Waals surface area (Å²) < 4.78 is 26.7. The van der Waals surface area contributed by atoms with Crippen LogP contribution < -0.4 is 10.6 Å². The lowest BCUT2D eigenvalue weighted by Crippen LogP contribution is -2.49. The Morgan fingerprint density at radius 3 is 2.46 bits per heavy atom. The highest BCUT2D eigenvalue weighted by Crippen LogP contribution is 2.24. The second-order valence-electron chi connectivity index (χ2n) is 6.84. The van der Waals surface area contributed by atoms with Crippen LogP contribution in [0.4, 0.5) is 0 Å². The minimum atomic E-state index is -3.51. The maximum Gasteiger partial charge on any atom is 0.243 e. The Kier molecular flexibility index (Phi) is 5.93. The van der Waals surface area contributed by atoms with Crippen LogP contribution in [0.2, 0.25) is 0 Å². The van der Waals surface area contributed by atoms with Gasteiger partial charge in [-0.1, -0.05) is 18.2 Å². The molecule has 2 aliphatic heterocycles. The fourth-order valence-electron chi connectivity index (χ4n) is 3.47. The molecule has 0 radical (unpaired) electrons. The van der Waals surface area contributed by atoms with Crippen molar-refractivity contribution >= 4 is 21.8 Å². The van der Waals surface area contributed by atoms with Crippen molar-refractivity contribution in [3.8, 4) is 0 Å². The van der Waals surface area contributed by atoms with E-state index in [1.165, 1.54) is 4.31 Å². The van der Waals surface area contributed by atoms with Crippen molar-refractivity contribution in [3.63, 3.8) is 0 Å². The van der Waals surface area contributed by atoms with Crippen LogP contribution in [-0.4, -0.2) is 50.2 Å². The van der Waals surface area contributed by atoms with E-state index in [1.807, 2.05) is 0 Å². The second kappa shape index (κ2) is 8.18. The van der Waals surface area contributed by atoms with Crippen LogP contribution in [0.5, 0.6) is 0 Å². The number of amides is 2. The van der Waals surface area contributed by atoms with Crippen molar-refractivity contribution in [2.45, 2.75) is 43.0 Å². The Hall–Kier alpha value is -1.93. The van der Waals surface area contributed by atoms with Crippen LogP contribution in [0.25, 0.3) is 0 Å². The molecule has 2 saturated heterocycles. The van der Waals surface area contributed by atoms with Gasteiger partial charge in [0.05, 0.1) is 4.90 Å². The highest BCUT2D eigenvalue weighted by Gasteiger charge is 2.33. The summed E-state index contributed by atoms with van der Waals surface area (Å²) in [4.78, 5) is 24.7. The lowest BCUT2D eigenvalue weighted by atomic mass is 9.96. The maximum atomic E-state index is 12.6. The predicted octanol–water partition coefficient (Wildman–Crippen LogP) is 0.872. The monoisotopic (exact) mass is 379 g/mol. The van der Waals surface area contributed by atoms with Gasteiger partial charge in [-0.05, 0) is 44.2 Å². The number of hydrogen-bond acceptors (Lipinski definition) is 4. The quantitative estimate of drug-likeness (QED) is 0.812. The van der Waals surface area contributed by atoms with Crippen LogP contribution in [-0.2, 0) is 19.6 Å². The molecule has 2 aliphatic rings. The van der Waals surface area contributed by atoms with Gasteiger partial charge in [0.1, 0.15) is 6.04 Å². The number of nitrogens with zero attached hydrogens (tertiary/aromatic N) is 1. The number of carbonyl (C=O) groups excluding carboxylic acids is 2. The summed E-state index contributed by atoms with van der Waals surface area (Å²) in [5, 5.41) is 5.65. The Balaban J connectivity index is 1.56. The van der Waals surface area contributed by atoms with Gasteiger partial charge in [-0.25, -0.2) is 8.42 Å². The fraction of sp³-hybridized carbons (Fsp3) is 0.556. The standard InChI is InChI=1S/C18H25N3O4S/c22-17(20-16-8-4-5-11-19-18(16)23)14-9-12-21(13-10-14)26(24,25)15-6-2-1-3-7-15/h1-3,6-7,14,16H,4-5,8-13H2,(H,19,23)(H,20,22). The highest BCUT2D eigenvalue weighted by molar-refractivity contribution is 7.89. The second-order valence-corrected chi connectivity index (χ2v) is 8.78. The minimum absolute atomic E-state index is 0.125. The van der Waals surface area contributed by atoms with E-state index in [0.29, 0.717) is 38.9 Å². The molecule has 2 N–H and O–H groups in total. The molecule has 1 unspecified atom stereocenters. The first-order valence-electron chi connectivity index (χ1n) is 9.12. The predicted molar refractivity (Wildman–Crippen MR) is 96.7 cm³/mol. The smallest absolute Gasteiger partial charge is 0.243 e. The third kappa shape index (κ3) is 4.24. The first-order chi connectivity index (χ1) is 12.5. The number of benzene rings is 1. The van der Waals surface area contributed by atoms with E-state index in [1.54, 1.807) is 30.3 Å². The molecule has 0 saturated carbocycles. The Morgan fingerprint density at radius 2 is 1.77 bits per heavy atom. The van der Waals surface area contributed by atoms with Gasteiger partial charge in [0, 0.05) is 25.6 Å². The molecule has 1 aromatic carbocycles. The van der Waals surface area contributed by atoms with Crippen molar-refractivity contribution in [2.75, 3.05) is 19.6 Å². The maximum absolute atomic E-state index is 12.6. The van der Waals surface area contributed by atoms with Crippen LogP contribution in [0.1, 0.15) is 32.1 Å². The lowest BCUT2D eigenvalue weighted by Gasteiger charge is -2.31. The van der Waals surface area contributed by atoms with Crippen LogP contribution in [0, 0.1) is 5.92 Å². The number of carbonyl (C=O) groups is 2. The number of rotatable bonds is 4. The molecular formula is C18H25N3O4S. The average molecular weight is 379 g/mol. The van der Waals surface area contributed by atoms with E-state index in [2.05, 4.69) is 10.6 Å². The first kappa shape index (κ1) is 18.8. The van der Waals surface area contributed by atoms with Gasteiger partial charge in [0.25, 0.3) is 0 Å². The molecule has 2 amide bonds. The van der Waals surface area contributed by atoms with Gasteiger partial charge in [-0.15, -0.1) is 0 Å². The zero-order chi connectivity index (χ0) is 18.6. The van der Waals surface area contributed by atoms with Crippen molar-refractivity contribution in [1.29, 1.82) is 0 Å². The van der Waals surface area contributed by atoms with Gasteiger partial charge < -0.3 is 10.6 Å². The molecule has 7 nitrogen and oxygen atoms in total. The lowest BCUT2D eigenvalue weighted by molar-refractivity contribution is -0.131. The summed E-state index contributed by atoms with van der Waals surface area (Å²) in [6, 6.07) is 7.86. The van der Waals surface area contributed by atoms with Crippen LogP contribution >= 0.6 is 0 Å². The minimum Gasteiger partial charge on any atom is -0.354 e. The molecule has 0 aliphatic carbocycles. The Morgan fingerprint density at radius 1 is 1.08 bits per heavy atom. The molecule has 142 valence electrons. The molecule has 26 heavy (non-hydrogen) atoms. The summed E-state index contributed by atoms with van der Waals surface area (Å²) >= 11 is 0. The summed E-state index contributed by atoms with van der Waals surface area (Å²) in [5.74, 6) is -0.531. The molecule has 2 heterocycles. The van der Waals surface area contributed by atoms with Crippen molar-refractivity contribution < 1.29 is 18.0 Å². The molecule has 3 rings (SSSR count). The van der Waals surface area contributed by atoms with E-state index in [9.17, 15) is 18.0 Å². The molecule has 1 aromatic rings.